The number of nitrogens with zero attached hydrogens (tertiary/aromatic N) is 1. The van der Waals surface area contributed by atoms with Crippen LogP contribution in [0.5, 0.6) is 5.75 Å². The van der Waals surface area contributed by atoms with E-state index < -0.39 is 0 Å². The average molecular weight is 285 g/mol. The van der Waals surface area contributed by atoms with Crippen LogP contribution in [0.4, 0.5) is 11.4 Å². The van der Waals surface area contributed by atoms with Gasteiger partial charge in [-0.25, -0.2) is 0 Å². The lowest BCUT2D eigenvalue weighted by atomic mass is 10.2. The number of hydrogen-bond donors (Lipinski definition) is 2. The van der Waals surface area contributed by atoms with Gasteiger partial charge < -0.3 is 15.4 Å². The molecule has 0 unspecified atom stereocenters. The third-order valence-corrected chi connectivity index (χ3v) is 2.78. The van der Waals surface area contributed by atoms with Crippen LogP contribution in [-0.4, -0.2) is 24.0 Å². The third-order valence-electron chi connectivity index (χ3n) is 2.78. The molecule has 1 aromatic heterocycles. The summed E-state index contributed by atoms with van der Waals surface area (Å²) >= 11 is 0. The standard InChI is InChI=1S/C16H19N3O2/c1-3-17-12-8-9-18-15(11-12)16(20)19-13-6-5-7-14(10-13)21-4-2/h5-11H,3-4H2,1-2H3,(H,17,18)(H,19,20). The fourth-order valence-corrected chi connectivity index (χ4v) is 1.89. The smallest absolute Gasteiger partial charge is 0.274 e. The monoisotopic (exact) mass is 285 g/mol. The molecule has 2 rings (SSSR count). The number of rotatable bonds is 6. The van der Waals surface area contributed by atoms with Gasteiger partial charge in [-0.2, -0.15) is 0 Å². The quantitative estimate of drug-likeness (QED) is 0.855. The number of carbonyl (C=O) groups excluding carboxylic acids is 1. The number of anilines is 2. The first-order valence-corrected chi connectivity index (χ1v) is 6.97. The summed E-state index contributed by atoms with van der Waals surface area (Å²) in [4.78, 5) is 16.3. The minimum atomic E-state index is -0.247. The van der Waals surface area contributed by atoms with Gasteiger partial charge in [0.2, 0.25) is 0 Å². The molecule has 0 atom stereocenters. The average Bonchev–Trinajstić information content (AvgIpc) is 2.48. The maximum atomic E-state index is 12.2. The van der Waals surface area contributed by atoms with E-state index in [9.17, 15) is 4.79 Å². The van der Waals surface area contributed by atoms with E-state index in [0.29, 0.717) is 18.0 Å². The van der Waals surface area contributed by atoms with Crippen molar-refractivity contribution in [3.05, 3.63) is 48.3 Å². The highest BCUT2D eigenvalue weighted by atomic mass is 16.5. The molecule has 1 amide bonds. The molecule has 110 valence electrons. The van der Waals surface area contributed by atoms with E-state index in [1.54, 1.807) is 18.3 Å². The number of carbonyl (C=O) groups is 1. The summed E-state index contributed by atoms with van der Waals surface area (Å²) in [5, 5.41) is 5.97. The molecule has 1 aromatic carbocycles. The first-order valence-electron chi connectivity index (χ1n) is 6.97. The van der Waals surface area contributed by atoms with Crippen LogP contribution in [0.15, 0.2) is 42.6 Å². The summed E-state index contributed by atoms with van der Waals surface area (Å²) in [5.41, 5.74) is 1.93. The number of nitrogens with one attached hydrogen (secondary N) is 2. The summed E-state index contributed by atoms with van der Waals surface area (Å²) in [6, 6.07) is 10.8. The number of pyridine rings is 1. The molecule has 0 aliphatic carbocycles. The Hall–Kier alpha value is -2.56. The van der Waals surface area contributed by atoms with Gasteiger partial charge in [0, 0.05) is 30.2 Å². The van der Waals surface area contributed by atoms with Crippen LogP contribution in [0.3, 0.4) is 0 Å². The fourth-order valence-electron chi connectivity index (χ4n) is 1.89. The van der Waals surface area contributed by atoms with E-state index >= 15 is 0 Å². The molecule has 2 N–H and O–H groups in total. The van der Waals surface area contributed by atoms with Crippen molar-refractivity contribution in [2.45, 2.75) is 13.8 Å². The number of aromatic nitrogens is 1. The van der Waals surface area contributed by atoms with Gasteiger partial charge in [-0.3, -0.25) is 9.78 Å². The number of amides is 1. The molecule has 0 fully saturated rings. The molecule has 2 aromatic rings. The van der Waals surface area contributed by atoms with E-state index in [0.717, 1.165) is 18.0 Å². The Labute approximate surface area is 124 Å². The zero-order chi connectivity index (χ0) is 15.1. The van der Waals surface area contributed by atoms with Crippen molar-refractivity contribution in [3.8, 4) is 5.75 Å². The lowest BCUT2D eigenvalue weighted by molar-refractivity contribution is 0.102. The molecular formula is C16H19N3O2. The van der Waals surface area contributed by atoms with Crippen LogP contribution in [0.1, 0.15) is 24.3 Å². The number of hydrogen-bond acceptors (Lipinski definition) is 4. The van der Waals surface area contributed by atoms with Crippen molar-refractivity contribution in [1.29, 1.82) is 0 Å². The molecule has 0 saturated heterocycles. The SMILES string of the molecule is CCNc1ccnc(C(=O)Nc2cccc(OCC)c2)c1. The van der Waals surface area contributed by atoms with Crippen LogP contribution >= 0.6 is 0 Å². The summed E-state index contributed by atoms with van der Waals surface area (Å²) in [6.45, 7) is 5.30. The summed E-state index contributed by atoms with van der Waals surface area (Å²) in [6.07, 6.45) is 1.61. The molecule has 0 spiro atoms. The Morgan fingerprint density at radius 2 is 2.05 bits per heavy atom. The van der Waals surface area contributed by atoms with Crippen LogP contribution in [0.2, 0.25) is 0 Å². The molecule has 5 nitrogen and oxygen atoms in total. The van der Waals surface area contributed by atoms with Gasteiger partial charge in [0.25, 0.3) is 5.91 Å². The predicted molar refractivity (Wildman–Crippen MR) is 84.0 cm³/mol. The maximum Gasteiger partial charge on any atom is 0.274 e. The Morgan fingerprint density at radius 1 is 1.19 bits per heavy atom. The molecule has 0 aliphatic rings. The highest BCUT2D eigenvalue weighted by Crippen LogP contribution is 2.18. The fraction of sp³-hybridized carbons (Fsp3) is 0.250. The summed E-state index contributed by atoms with van der Waals surface area (Å²) < 4.78 is 5.41. The second-order valence-corrected chi connectivity index (χ2v) is 4.38. The number of benzene rings is 1. The van der Waals surface area contributed by atoms with Crippen molar-refractivity contribution in [2.75, 3.05) is 23.8 Å². The Morgan fingerprint density at radius 3 is 2.81 bits per heavy atom. The van der Waals surface area contributed by atoms with Gasteiger partial charge in [0.05, 0.1) is 6.61 Å². The zero-order valence-electron chi connectivity index (χ0n) is 12.2. The molecule has 21 heavy (non-hydrogen) atoms. The first kappa shape index (κ1) is 14.8. The molecule has 1 heterocycles. The van der Waals surface area contributed by atoms with E-state index in [-0.39, 0.29) is 5.91 Å². The summed E-state index contributed by atoms with van der Waals surface area (Å²) in [7, 11) is 0. The lowest BCUT2D eigenvalue weighted by Gasteiger charge is -2.08. The topological polar surface area (TPSA) is 63.2 Å². The van der Waals surface area contributed by atoms with E-state index in [2.05, 4.69) is 15.6 Å². The number of ether oxygens (including phenoxy) is 1. The molecule has 5 heteroatoms. The van der Waals surface area contributed by atoms with E-state index in [4.69, 9.17) is 4.74 Å². The second kappa shape index (κ2) is 7.28. The van der Waals surface area contributed by atoms with Gasteiger partial charge in [0.1, 0.15) is 11.4 Å². The zero-order valence-corrected chi connectivity index (χ0v) is 12.2. The van der Waals surface area contributed by atoms with Crippen molar-refractivity contribution < 1.29 is 9.53 Å². The molecule has 0 bridgehead atoms. The first-order chi connectivity index (χ1) is 10.2. The third kappa shape index (κ3) is 4.21. The highest BCUT2D eigenvalue weighted by molar-refractivity contribution is 6.03. The van der Waals surface area contributed by atoms with Crippen molar-refractivity contribution >= 4 is 17.3 Å². The Bertz CT molecular complexity index is 614. The van der Waals surface area contributed by atoms with E-state index in [1.807, 2.05) is 38.1 Å². The second-order valence-electron chi connectivity index (χ2n) is 4.38. The van der Waals surface area contributed by atoms with Crippen LogP contribution in [0, 0.1) is 0 Å². The van der Waals surface area contributed by atoms with Crippen LogP contribution < -0.4 is 15.4 Å². The summed E-state index contributed by atoms with van der Waals surface area (Å²) in [5.74, 6) is 0.480. The van der Waals surface area contributed by atoms with Crippen LogP contribution in [0.25, 0.3) is 0 Å². The van der Waals surface area contributed by atoms with Crippen LogP contribution in [-0.2, 0) is 0 Å². The largest absolute Gasteiger partial charge is 0.494 e. The minimum absolute atomic E-state index is 0.247. The van der Waals surface area contributed by atoms with Crippen molar-refractivity contribution in [1.82, 2.24) is 4.98 Å². The predicted octanol–water partition coefficient (Wildman–Crippen LogP) is 3.16. The minimum Gasteiger partial charge on any atom is -0.494 e. The van der Waals surface area contributed by atoms with Crippen molar-refractivity contribution in [2.24, 2.45) is 0 Å². The highest BCUT2D eigenvalue weighted by Gasteiger charge is 2.08. The normalized spacial score (nSPS) is 10.0. The van der Waals surface area contributed by atoms with E-state index in [1.165, 1.54) is 0 Å². The van der Waals surface area contributed by atoms with Gasteiger partial charge in [0.15, 0.2) is 0 Å². The van der Waals surface area contributed by atoms with Gasteiger partial charge in [-0.15, -0.1) is 0 Å². The Balaban J connectivity index is 2.10. The molecule has 0 aliphatic heterocycles. The van der Waals surface area contributed by atoms with Gasteiger partial charge in [-0.05, 0) is 38.1 Å². The lowest BCUT2D eigenvalue weighted by Crippen LogP contribution is -2.14. The molecule has 0 saturated carbocycles. The maximum absolute atomic E-state index is 12.2. The van der Waals surface area contributed by atoms with Crippen molar-refractivity contribution in [3.63, 3.8) is 0 Å². The molecule has 0 radical (unpaired) electrons. The Kier molecular flexibility index (Phi) is 5.15. The van der Waals surface area contributed by atoms with Gasteiger partial charge in [-0.1, -0.05) is 6.07 Å². The molecular weight excluding hydrogens is 266 g/mol. The van der Waals surface area contributed by atoms with Gasteiger partial charge >= 0.3 is 0 Å².